The van der Waals surface area contributed by atoms with E-state index in [4.69, 9.17) is 11.6 Å². The van der Waals surface area contributed by atoms with Crippen LogP contribution >= 0.6 is 11.6 Å². The molecule has 1 rings (SSSR count). The Morgan fingerprint density at radius 3 is 2.44 bits per heavy atom. The summed E-state index contributed by atoms with van der Waals surface area (Å²) in [7, 11) is -1.34. The van der Waals surface area contributed by atoms with Crippen molar-refractivity contribution in [3.8, 4) is 0 Å². The van der Waals surface area contributed by atoms with E-state index in [0.717, 1.165) is 5.19 Å². The van der Waals surface area contributed by atoms with Crippen LogP contribution in [0, 0.1) is 0 Å². The number of carbonyl (C=O) groups is 1. The zero-order valence-corrected chi connectivity index (χ0v) is 11.7. The van der Waals surface area contributed by atoms with Crippen molar-refractivity contribution < 1.29 is 24.8 Å². The van der Waals surface area contributed by atoms with E-state index in [1.165, 1.54) is 0 Å². The maximum atomic E-state index is 10.9. The summed E-state index contributed by atoms with van der Waals surface area (Å²) < 4.78 is 34.0. The fraction of sp³-hybridized carbons (Fsp3) is 0. The predicted molar refractivity (Wildman–Crippen MR) is 56.3 cm³/mol. The van der Waals surface area contributed by atoms with Crippen LogP contribution in [0.3, 0.4) is 0 Å². The number of hydrogen-bond donors (Lipinski definition) is 0. The van der Waals surface area contributed by atoms with Gasteiger partial charge in [-0.2, -0.15) is 0 Å². The van der Waals surface area contributed by atoms with Gasteiger partial charge in [-0.05, 0) is 0 Å². The van der Waals surface area contributed by atoms with Gasteiger partial charge in [0.05, 0.1) is 0 Å². The Kier molecular flexibility index (Phi) is 5.06. The molecule has 9 heteroatoms. The number of benzene rings is 1. The third-order valence-corrected chi connectivity index (χ3v) is 4.37. The van der Waals surface area contributed by atoms with Gasteiger partial charge in [0.25, 0.3) is 0 Å². The van der Waals surface area contributed by atoms with Crippen LogP contribution in [-0.2, 0) is 20.0 Å². The molecule has 0 saturated carbocycles. The van der Waals surface area contributed by atoms with E-state index in [1.54, 1.807) is 24.3 Å². The van der Waals surface area contributed by atoms with E-state index in [0.29, 0.717) is 0 Å². The molecule has 0 aliphatic carbocycles. The van der Waals surface area contributed by atoms with Gasteiger partial charge in [-0.25, -0.2) is 0 Å². The second-order valence-electron chi connectivity index (χ2n) is 2.55. The molecule has 0 aromatic heterocycles. The molecule has 0 aliphatic heterocycles. The molecule has 88 valence electrons. The molecule has 6 nitrogen and oxygen atoms in total. The van der Waals surface area contributed by atoms with Crippen molar-refractivity contribution in [3.63, 3.8) is 0 Å². The molecule has 0 aliphatic rings. The Labute approximate surface area is 101 Å². The zero-order chi connectivity index (χ0) is 12.0. The first-order valence-corrected chi connectivity index (χ1v) is 8.44. The summed E-state index contributed by atoms with van der Waals surface area (Å²) in [5.41, 5.74) is -1.48. The summed E-state index contributed by atoms with van der Waals surface area (Å²) in [4.78, 5) is 10.2. The zero-order valence-electron chi connectivity index (χ0n) is 7.83. The SMILES string of the molecule is O=C(Cl)O[Se](=O)(=O)OO[SiH2]c1ccccc1. The van der Waals surface area contributed by atoms with Crippen LogP contribution in [0.4, 0.5) is 4.79 Å². The van der Waals surface area contributed by atoms with Crippen molar-refractivity contribution in [3.05, 3.63) is 30.3 Å². The average molecular weight is 330 g/mol. The monoisotopic (exact) mass is 330 g/mol. The van der Waals surface area contributed by atoms with Gasteiger partial charge in [-0.1, -0.05) is 0 Å². The first-order chi connectivity index (χ1) is 7.49. The molecule has 0 atom stereocenters. The predicted octanol–water partition coefficient (Wildman–Crippen LogP) is 0.0159. The van der Waals surface area contributed by atoms with Crippen LogP contribution in [0.15, 0.2) is 30.3 Å². The molecular weight excluding hydrogens is 323 g/mol. The summed E-state index contributed by atoms with van der Waals surface area (Å²) in [5, 5.41) is 0.840. The molecule has 0 N–H and O–H groups in total. The van der Waals surface area contributed by atoms with Gasteiger partial charge in [0.2, 0.25) is 0 Å². The Balaban J connectivity index is 2.39. The summed E-state index contributed by atoms with van der Waals surface area (Å²) in [6, 6.07) is 8.92. The summed E-state index contributed by atoms with van der Waals surface area (Å²) in [6.07, 6.45) is 0. The summed E-state index contributed by atoms with van der Waals surface area (Å²) in [6.45, 7) is 0. The normalized spacial score (nSPS) is 11.8. The second-order valence-corrected chi connectivity index (χ2v) is 6.54. The van der Waals surface area contributed by atoms with E-state index < -0.39 is 28.6 Å². The van der Waals surface area contributed by atoms with Gasteiger partial charge in [0.1, 0.15) is 0 Å². The van der Waals surface area contributed by atoms with Crippen molar-refractivity contribution in [2.24, 2.45) is 0 Å². The van der Waals surface area contributed by atoms with Crippen LogP contribution in [0.5, 0.6) is 0 Å². The van der Waals surface area contributed by atoms with Crippen LogP contribution < -0.4 is 5.19 Å². The summed E-state index contributed by atoms with van der Waals surface area (Å²) in [5.74, 6) is 0. The minimum atomic E-state index is -5.27. The van der Waals surface area contributed by atoms with E-state index >= 15 is 0 Å². The first-order valence-electron chi connectivity index (χ1n) is 3.98. The van der Waals surface area contributed by atoms with Crippen molar-refractivity contribution in [1.29, 1.82) is 0 Å². The van der Waals surface area contributed by atoms with Crippen LogP contribution in [0.25, 0.3) is 0 Å². The average Bonchev–Trinajstić information content (AvgIpc) is 2.16. The molecule has 0 radical (unpaired) electrons. The Bertz CT molecular complexity index is 447. The maximum absolute atomic E-state index is 10.9. The van der Waals surface area contributed by atoms with Gasteiger partial charge < -0.3 is 0 Å². The molecule has 1 aromatic carbocycles. The van der Waals surface area contributed by atoms with Gasteiger partial charge in [-0.15, -0.1) is 0 Å². The molecule has 0 heterocycles. The number of carbonyl (C=O) groups excluding carboxylic acids is 1. The molecule has 0 spiro atoms. The van der Waals surface area contributed by atoms with Gasteiger partial charge in [0, 0.05) is 0 Å². The van der Waals surface area contributed by atoms with Crippen LogP contribution in [0.2, 0.25) is 0 Å². The molecule has 0 bridgehead atoms. The van der Waals surface area contributed by atoms with Gasteiger partial charge in [0.15, 0.2) is 0 Å². The van der Waals surface area contributed by atoms with Crippen molar-refractivity contribution >= 4 is 45.3 Å². The standard InChI is InChI=1S/C7H7ClO6SeSi/c8-7(9)12-15(10,11)13-14-16-6-4-2-1-3-5-6/h1-5H,16H2. The van der Waals surface area contributed by atoms with Crippen molar-refractivity contribution in [2.75, 3.05) is 0 Å². The molecule has 0 saturated heterocycles. The third-order valence-electron chi connectivity index (χ3n) is 1.37. The van der Waals surface area contributed by atoms with Gasteiger partial charge >= 0.3 is 101 Å². The molecular formula is C7H7ClO6SeSi. The number of rotatable bonds is 5. The third kappa shape index (κ3) is 5.36. The van der Waals surface area contributed by atoms with Gasteiger partial charge in [-0.3, -0.25) is 0 Å². The second kappa shape index (κ2) is 6.09. The molecule has 16 heavy (non-hydrogen) atoms. The van der Waals surface area contributed by atoms with E-state index in [1.807, 2.05) is 6.07 Å². The molecule has 0 fully saturated rings. The molecule has 1 aromatic rings. The van der Waals surface area contributed by atoms with Crippen molar-refractivity contribution in [2.45, 2.75) is 0 Å². The summed E-state index contributed by atoms with van der Waals surface area (Å²) >= 11 is -0.555. The minimum absolute atomic E-state index is 0.840. The topological polar surface area (TPSA) is 78.9 Å². The number of hydrogen-bond acceptors (Lipinski definition) is 6. The number of halogens is 1. The first kappa shape index (κ1) is 13.3. The van der Waals surface area contributed by atoms with E-state index in [9.17, 15) is 12.5 Å². The van der Waals surface area contributed by atoms with E-state index in [2.05, 4.69) is 12.4 Å². The van der Waals surface area contributed by atoms with Crippen molar-refractivity contribution in [1.82, 2.24) is 0 Å². The fourth-order valence-electron chi connectivity index (χ4n) is 0.819. The van der Waals surface area contributed by atoms with E-state index in [-0.39, 0.29) is 0 Å². The Morgan fingerprint density at radius 1 is 1.25 bits per heavy atom. The molecule has 0 amide bonds. The Morgan fingerprint density at radius 2 is 1.88 bits per heavy atom. The quantitative estimate of drug-likeness (QED) is 0.328. The molecule has 0 unspecified atom stereocenters. The fourth-order valence-corrected chi connectivity index (χ4v) is 3.43. The van der Waals surface area contributed by atoms with Crippen LogP contribution in [0.1, 0.15) is 0 Å². The van der Waals surface area contributed by atoms with Crippen LogP contribution in [-0.4, -0.2) is 28.6 Å². The Hall–Kier alpha value is -0.764.